The van der Waals surface area contributed by atoms with Crippen LogP contribution in [0.25, 0.3) is 10.8 Å². The standard InChI is InChI=1S/C44H79N2O10P/c1-6-8-9-10-11-12-13-14-15-16-17-18-19-20-21-29-50-37-52-34-44(35-56-57(47,48)55-31-28-46(4)7-2)54-38-51-30-22-27-45-36-53-39(3)40-23-24-42-33-43(49-5)26-25-41(42)32-40/h23-26,32-33,39,44-45H,6-22,27-31,34-38H2,1-5H3,(H,47,48). The number of phosphoric ester groups is 1. The number of phosphoric acid groups is 1. The van der Waals surface area contributed by atoms with Gasteiger partial charge in [0.15, 0.2) is 0 Å². The number of hydrogen-bond acceptors (Lipinski definition) is 11. The first-order valence-electron chi connectivity index (χ1n) is 21.8. The number of nitrogens with one attached hydrogen (secondary N) is 1. The molecule has 0 saturated carbocycles. The first kappa shape index (κ1) is 51.5. The fourth-order valence-corrected chi connectivity index (χ4v) is 6.92. The van der Waals surface area contributed by atoms with E-state index in [1.165, 1.54) is 83.5 Å². The third-order valence-corrected chi connectivity index (χ3v) is 11.0. The lowest BCUT2D eigenvalue weighted by Crippen LogP contribution is -2.28. The molecule has 57 heavy (non-hydrogen) atoms. The van der Waals surface area contributed by atoms with Crippen molar-refractivity contribution in [1.29, 1.82) is 0 Å². The van der Waals surface area contributed by atoms with Crippen molar-refractivity contribution in [3.05, 3.63) is 42.0 Å². The molecule has 2 N–H and O–H groups in total. The predicted molar refractivity (Wildman–Crippen MR) is 230 cm³/mol. The summed E-state index contributed by atoms with van der Waals surface area (Å²) in [6.07, 6.45) is 19.9. The minimum Gasteiger partial charge on any atom is -0.497 e. The fourth-order valence-electron chi connectivity index (χ4n) is 6.18. The summed E-state index contributed by atoms with van der Waals surface area (Å²) in [5, 5.41) is 5.56. The highest BCUT2D eigenvalue weighted by Crippen LogP contribution is 2.43. The van der Waals surface area contributed by atoms with Crippen LogP contribution in [0.15, 0.2) is 36.4 Å². The van der Waals surface area contributed by atoms with Gasteiger partial charge in [-0.25, -0.2) is 4.57 Å². The normalized spacial score (nSPS) is 14.0. The average Bonchev–Trinajstić information content (AvgIpc) is 3.21. The first-order chi connectivity index (χ1) is 27.8. The summed E-state index contributed by atoms with van der Waals surface area (Å²) in [4.78, 5) is 12.1. The van der Waals surface area contributed by atoms with Gasteiger partial charge in [0.1, 0.15) is 25.4 Å². The quantitative estimate of drug-likeness (QED) is 0.0377. The minimum atomic E-state index is -4.25. The number of rotatable bonds is 40. The zero-order valence-corrected chi connectivity index (χ0v) is 37.1. The molecular weight excluding hydrogens is 747 g/mol. The maximum atomic E-state index is 12.5. The van der Waals surface area contributed by atoms with Gasteiger partial charge in [0.2, 0.25) is 0 Å². The van der Waals surface area contributed by atoms with Gasteiger partial charge in [0, 0.05) is 13.2 Å². The molecule has 2 rings (SSSR count). The van der Waals surface area contributed by atoms with Gasteiger partial charge in [-0.2, -0.15) is 0 Å². The van der Waals surface area contributed by atoms with E-state index in [0.717, 1.165) is 47.9 Å². The number of fused-ring (bicyclic) bond motifs is 1. The van der Waals surface area contributed by atoms with Crippen LogP contribution in [0.2, 0.25) is 0 Å². The Labute approximate surface area is 345 Å². The lowest BCUT2D eigenvalue weighted by atomic mass is 10.0. The number of hydrogen-bond donors (Lipinski definition) is 2. The van der Waals surface area contributed by atoms with Gasteiger partial charge in [-0.1, -0.05) is 122 Å². The number of unbranched alkanes of at least 4 members (excludes halogenated alkanes) is 14. The smallest absolute Gasteiger partial charge is 0.472 e. The van der Waals surface area contributed by atoms with E-state index in [-0.39, 0.29) is 39.5 Å². The molecule has 3 atom stereocenters. The Morgan fingerprint density at radius 1 is 0.702 bits per heavy atom. The SMILES string of the molecule is CCCCCCCCCCCCCCCCCOCOCC(COP(=O)(O)OCCN(C)CC)OCOCCCNCOC(C)c1ccc2cc(OC)ccc2c1. The molecular formula is C44H79N2O10P. The second-order valence-electron chi connectivity index (χ2n) is 14.9. The summed E-state index contributed by atoms with van der Waals surface area (Å²) in [5.41, 5.74) is 1.11. The highest BCUT2D eigenvalue weighted by molar-refractivity contribution is 7.47. The Balaban J connectivity index is 1.56. The summed E-state index contributed by atoms with van der Waals surface area (Å²) in [5.74, 6) is 0.841. The average molecular weight is 827 g/mol. The van der Waals surface area contributed by atoms with Gasteiger partial charge in [-0.15, -0.1) is 0 Å². The Kier molecular flexibility index (Phi) is 30.8. The summed E-state index contributed by atoms with van der Waals surface area (Å²) < 4.78 is 57.0. The topological polar surface area (TPSA) is 126 Å². The van der Waals surface area contributed by atoms with Crippen LogP contribution < -0.4 is 10.1 Å². The van der Waals surface area contributed by atoms with Crippen molar-refractivity contribution < 1.29 is 46.9 Å². The number of likely N-dealkylation sites (N-methyl/N-ethyl adjacent to an activating group) is 1. The van der Waals surface area contributed by atoms with Crippen molar-refractivity contribution in [2.45, 2.75) is 136 Å². The highest BCUT2D eigenvalue weighted by Gasteiger charge is 2.24. The van der Waals surface area contributed by atoms with E-state index in [9.17, 15) is 9.46 Å². The van der Waals surface area contributed by atoms with Gasteiger partial charge in [0.05, 0.1) is 46.4 Å². The number of methoxy groups -OCH3 is 1. The van der Waals surface area contributed by atoms with Crippen LogP contribution in [0.5, 0.6) is 5.75 Å². The van der Waals surface area contributed by atoms with E-state index in [1.807, 2.05) is 37.9 Å². The third kappa shape index (κ3) is 26.9. The molecule has 12 nitrogen and oxygen atoms in total. The molecule has 0 aromatic heterocycles. The summed E-state index contributed by atoms with van der Waals surface area (Å²) in [6.45, 7) is 9.93. The lowest BCUT2D eigenvalue weighted by molar-refractivity contribution is -0.143. The Morgan fingerprint density at radius 2 is 1.32 bits per heavy atom. The third-order valence-electron chi connectivity index (χ3n) is 10.1. The van der Waals surface area contributed by atoms with Crippen LogP contribution in [0, 0.1) is 0 Å². The summed E-state index contributed by atoms with van der Waals surface area (Å²) in [6, 6.07) is 12.4. The minimum absolute atomic E-state index is 0.0172. The molecule has 0 fully saturated rings. The van der Waals surface area contributed by atoms with Crippen LogP contribution in [-0.4, -0.2) is 103 Å². The van der Waals surface area contributed by atoms with E-state index < -0.39 is 13.9 Å². The van der Waals surface area contributed by atoms with E-state index in [2.05, 4.69) is 36.5 Å². The first-order valence-corrected chi connectivity index (χ1v) is 23.3. The zero-order valence-electron chi connectivity index (χ0n) is 36.2. The molecule has 0 aliphatic rings. The number of ether oxygens (including phenoxy) is 6. The Hall–Kier alpha value is -1.67. The van der Waals surface area contributed by atoms with Crippen LogP contribution in [0.3, 0.4) is 0 Å². The van der Waals surface area contributed by atoms with Gasteiger partial charge >= 0.3 is 7.82 Å². The number of benzene rings is 2. The second-order valence-corrected chi connectivity index (χ2v) is 16.4. The van der Waals surface area contributed by atoms with E-state index in [4.69, 9.17) is 37.5 Å². The number of nitrogens with zero attached hydrogens (tertiary/aromatic N) is 1. The van der Waals surface area contributed by atoms with Crippen LogP contribution in [-0.2, 0) is 37.3 Å². The molecule has 0 spiro atoms. The van der Waals surface area contributed by atoms with E-state index >= 15 is 0 Å². The summed E-state index contributed by atoms with van der Waals surface area (Å²) >= 11 is 0. The van der Waals surface area contributed by atoms with Gasteiger partial charge in [0.25, 0.3) is 0 Å². The monoisotopic (exact) mass is 827 g/mol. The Morgan fingerprint density at radius 3 is 1.98 bits per heavy atom. The largest absolute Gasteiger partial charge is 0.497 e. The molecule has 2 aromatic rings. The van der Waals surface area contributed by atoms with Crippen molar-refractivity contribution in [1.82, 2.24) is 10.2 Å². The Bertz CT molecular complexity index is 1290. The molecule has 0 amide bonds. The van der Waals surface area contributed by atoms with Crippen molar-refractivity contribution >= 4 is 18.6 Å². The summed E-state index contributed by atoms with van der Waals surface area (Å²) in [7, 11) is -0.673. The van der Waals surface area contributed by atoms with Gasteiger partial charge in [-0.3, -0.25) is 14.4 Å². The second kappa shape index (κ2) is 34.1. The maximum Gasteiger partial charge on any atom is 0.472 e. The van der Waals surface area contributed by atoms with E-state index in [0.29, 0.717) is 33.0 Å². The molecule has 0 aliphatic carbocycles. The molecule has 0 saturated heterocycles. The zero-order chi connectivity index (χ0) is 41.2. The lowest BCUT2D eigenvalue weighted by Gasteiger charge is -2.20. The molecule has 2 aromatic carbocycles. The van der Waals surface area contributed by atoms with Crippen LogP contribution >= 0.6 is 7.82 Å². The van der Waals surface area contributed by atoms with Crippen LogP contribution in [0.1, 0.15) is 135 Å². The maximum absolute atomic E-state index is 12.5. The molecule has 0 bridgehead atoms. The van der Waals surface area contributed by atoms with E-state index in [1.54, 1.807) is 7.11 Å². The molecule has 0 aliphatic heterocycles. The molecule has 13 heteroatoms. The van der Waals surface area contributed by atoms with Crippen molar-refractivity contribution in [2.24, 2.45) is 0 Å². The molecule has 0 heterocycles. The van der Waals surface area contributed by atoms with Crippen molar-refractivity contribution in [2.75, 3.05) is 87.1 Å². The van der Waals surface area contributed by atoms with Gasteiger partial charge < -0.3 is 38.2 Å². The molecule has 3 unspecified atom stereocenters. The predicted octanol–water partition coefficient (Wildman–Crippen LogP) is 10.2. The van der Waals surface area contributed by atoms with Gasteiger partial charge in [-0.05, 0) is 74.4 Å². The van der Waals surface area contributed by atoms with Crippen LogP contribution in [0.4, 0.5) is 0 Å². The molecule has 330 valence electrons. The van der Waals surface area contributed by atoms with Crippen molar-refractivity contribution in [3.8, 4) is 5.75 Å². The van der Waals surface area contributed by atoms with Crippen molar-refractivity contribution in [3.63, 3.8) is 0 Å². The fraction of sp³-hybridized carbons (Fsp3) is 0.773. The molecule has 0 radical (unpaired) electrons. The highest BCUT2D eigenvalue weighted by atomic mass is 31.2.